The van der Waals surface area contributed by atoms with Gasteiger partial charge in [0.25, 0.3) is 0 Å². The molecule has 0 bridgehead atoms. The van der Waals surface area contributed by atoms with Crippen LogP contribution in [0.15, 0.2) is 60.7 Å². The fraction of sp³-hybridized carbons (Fsp3) is 0.514. The van der Waals surface area contributed by atoms with Gasteiger partial charge in [-0.15, -0.1) is 0 Å². The van der Waals surface area contributed by atoms with Gasteiger partial charge >= 0.3 is 5.97 Å². The molecule has 3 aliphatic rings. The largest absolute Gasteiger partial charge is 0.481 e. The molecule has 1 saturated heterocycles. The van der Waals surface area contributed by atoms with E-state index in [0.29, 0.717) is 11.9 Å². The molecule has 2 aliphatic heterocycles. The number of carboxylic acids is 1. The average Bonchev–Trinajstić information content (AvgIpc) is 3.57. The molecule has 1 saturated carbocycles. The number of hydrogen-bond acceptors (Lipinski definition) is 7. The molecule has 3 N–H and O–H groups in total. The van der Waals surface area contributed by atoms with Gasteiger partial charge in [0.2, 0.25) is 5.95 Å². The normalized spacial score (nSPS) is 22.0. The third-order valence-electron chi connectivity index (χ3n) is 9.78. The van der Waals surface area contributed by atoms with E-state index in [0.717, 1.165) is 82.8 Å². The second-order valence-electron chi connectivity index (χ2n) is 12.6. The summed E-state index contributed by atoms with van der Waals surface area (Å²) in [6, 6.07) is 21.7. The molecule has 2 aromatic carbocycles. The molecule has 1 aromatic heterocycles. The molecule has 43 heavy (non-hydrogen) atoms. The van der Waals surface area contributed by atoms with E-state index < -0.39 is 5.97 Å². The quantitative estimate of drug-likeness (QED) is 0.240. The topological polar surface area (TPSA) is 93.6 Å². The van der Waals surface area contributed by atoms with E-state index in [1.807, 2.05) is 0 Å². The zero-order chi connectivity index (χ0) is 29.6. The number of nitrogens with zero attached hydrogens (tertiary/aromatic N) is 4. The van der Waals surface area contributed by atoms with Gasteiger partial charge in [-0.3, -0.25) is 4.79 Å². The van der Waals surface area contributed by atoms with E-state index in [2.05, 4.69) is 88.0 Å². The molecule has 6 rings (SSSR count). The van der Waals surface area contributed by atoms with Gasteiger partial charge in [-0.2, -0.15) is 4.98 Å². The molecule has 2 fully saturated rings. The highest BCUT2D eigenvalue weighted by molar-refractivity contribution is 5.70. The number of carboxylic acid groups (broad SMARTS) is 1. The zero-order valence-corrected chi connectivity index (χ0v) is 25.4. The molecule has 3 heterocycles. The molecule has 228 valence electrons. The van der Waals surface area contributed by atoms with Crippen molar-refractivity contribution >= 4 is 23.4 Å². The van der Waals surface area contributed by atoms with Crippen molar-refractivity contribution in [2.75, 3.05) is 41.7 Å². The molecule has 2 atom stereocenters. The summed E-state index contributed by atoms with van der Waals surface area (Å²) in [6.07, 6.45) is 7.69. The molecule has 1 aliphatic carbocycles. The predicted octanol–water partition coefficient (Wildman–Crippen LogP) is 6.37. The minimum Gasteiger partial charge on any atom is -0.481 e. The molecular weight excluding hydrogens is 536 g/mol. The summed E-state index contributed by atoms with van der Waals surface area (Å²) >= 11 is 0. The first-order valence-electron chi connectivity index (χ1n) is 16.3. The maximum absolute atomic E-state index is 11.5. The lowest BCUT2D eigenvalue weighted by Gasteiger charge is -2.34. The van der Waals surface area contributed by atoms with Crippen LogP contribution in [0, 0.1) is 11.8 Å². The van der Waals surface area contributed by atoms with Crippen LogP contribution in [0.1, 0.15) is 74.7 Å². The molecular formula is C35H46N6O2. The molecule has 3 aromatic rings. The highest BCUT2D eigenvalue weighted by Crippen LogP contribution is 2.35. The zero-order valence-electron chi connectivity index (χ0n) is 25.4. The highest BCUT2D eigenvalue weighted by atomic mass is 16.4. The van der Waals surface area contributed by atoms with Crippen LogP contribution in [0.4, 0.5) is 17.5 Å². The van der Waals surface area contributed by atoms with Crippen molar-refractivity contribution in [2.24, 2.45) is 11.8 Å². The van der Waals surface area contributed by atoms with Gasteiger partial charge < -0.3 is 25.5 Å². The van der Waals surface area contributed by atoms with Gasteiger partial charge in [-0.1, -0.05) is 55.5 Å². The Labute approximate surface area is 255 Å². The summed E-state index contributed by atoms with van der Waals surface area (Å²) in [6.45, 7) is 7.12. The lowest BCUT2D eigenvalue weighted by Crippen LogP contribution is -2.36. The average molecular weight is 583 g/mol. The Morgan fingerprint density at radius 3 is 2.30 bits per heavy atom. The number of fused-ring (bicyclic) bond motifs is 1. The van der Waals surface area contributed by atoms with E-state index in [4.69, 9.17) is 9.97 Å². The smallest absolute Gasteiger partial charge is 0.306 e. The number of aromatic nitrogens is 2. The van der Waals surface area contributed by atoms with E-state index in [1.165, 1.54) is 29.7 Å². The Morgan fingerprint density at radius 2 is 1.63 bits per heavy atom. The first-order chi connectivity index (χ1) is 21.1. The number of nitrogens with one attached hydrogen (secondary N) is 2. The monoisotopic (exact) mass is 582 g/mol. The second kappa shape index (κ2) is 13.8. The molecule has 8 heteroatoms. The van der Waals surface area contributed by atoms with Crippen LogP contribution in [-0.4, -0.2) is 58.2 Å². The SMILES string of the molecule is CC[C@@H](Nc1nc2c(c(N[C@@H](CN3CCCC3)c3ccccc3)n1)CN(c1ccccc1)CC2)C1CCC(C(=O)O)CC1. The Kier molecular flexibility index (Phi) is 9.42. The maximum Gasteiger partial charge on any atom is 0.306 e. The van der Waals surface area contributed by atoms with E-state index >= 15 is 0 Å². The number of aliphatic carboxylic acids is 1. The van der Waals surface area contributed by atoms with Crippen LogP contribution in [0.2, 0.25) is 0 Å². The molecule has 0 spiro atoms. The Bertz CT molecular complexity index is 1340. The van der Waals surface area contributed by atoms with Crippen molar-refractivity contribution in [3.8, 4) is 0 Å². The third-order valence-corrected chi connectivity index (χ3v) is 9.78. The lowest BCUT2D eigenvalue weighted by molar-refractivity contribution is -0.143. The Hall–Kier alpha value is -3.65. The standard InChI is InChI=1S/C35H46N6O2/c1-2-30(26-15-17-27(18-16-26)34(42)43)37-35-38-31-19-22-41(28-13-7-4-8-14-28)23-29(31)33(39-35)36-32(24-40-20-9-10-21-40)25-11-5-3-6-12-25/h3-8,11-14,26-27,30,32H,2,9-10,15-24H2,1H3,(H,42,43)(H2,36,37,38,39)/t26?,27?,30-,32+/m1/s1. The number of benzene rings is 2. The van der Waals surface area contributed by atoms with Crippen LogP contribution in [0.3, 0.4) is 0 Å². The Morgan fingerprint density at radius 1 is 0.930 bits per heavy atom. The van der Waals surface area contributed by atoms with Crippen molar-refractivity contribution in [1.82, 2.24) is 14.9 Å². The summed E-state index contributed by atoms with van der Waals surface area (Å²) in [5.41, 5.74) is 4.79. The van der Waals surface area contributed by atoms with Crippen LogP contribution < -0.4 is 15.5 Å². The fourth-order valence-electron chi connectivity index (χ4n) is 7.25. The number of rotatable bonds is 11. The van der Waals surface area contributed by atoms with E-state index in [1.54, 1.807) is 0 Å². The van der Waals surface area contributed by atoms with Crippen molar-refractivity contribution in [3.63, 3.8) is 0 Å². The molecule has 0 unspecified atom stereocenters. The van der Waals surface area contributed by atoms with E-state index in [9.17, 15) is 9.90 Å². The molecule has 0 radical (unpaired) electrons. The first kappa shape index (κ1) is 29.4. The van der Waals surface area contributed by atoms with Gasteiger partial charge in [0.1, 0.15) is 5.82 Å². The number of para-hydroxylation sites is 1. The van der Waals surface area contributed by atoms with E-state index in [-0.39, 0.29) is 18.0 Å². The number of likely N-dealkylation sites (tertiary alicyclic amines) is 1. The minimum absolute atomic E-state index is 0.117. The number of carbonyl (C=O) groups is 1. The van der Waals surface area contributed by atoms with Crippen molar-refractivity contribution in [2.45, 2.75) is 76.9 Å². The lowest BCUT2D eigenvalue weighted by atomic mass is 9.78. The third kappa shape index (κ3) is 7.12. The van der Waals surface area contributed by atoms with Crippen LogP contribution >= 0.6 is 0 Å². The van der Waals surface area contributed by atoms with Crippen LogP contribution in [0.5, 0.6) is 0 Å². The van der Waals surface area contributed by atoms with Gasteiger partial charge in [0, 0.05) is 43.3 Å². The summed E-state index contributed by atoms with van der Waals surface area (Å²) in [4.78, 5) is 26.8. The fourth-order valence-corrected chi connectivity index (χ4v) is 7.25. The minimum atomic E-state index is -0.653. The molecule has 0 amide bonds. The Balaban J connectivity index is 1.30. The highest BCUT2D eigenvalue weighted by Gasteiger charge is 2.31. The second-order valence-corrected chi connectivity index (χ2v) is 12.6. The molecule has 8 nitrogen and oxygen atoms in total. The van der Waals surface area contributed by atoms with Crippen molar-refractivity contribution in [1.29, 1.82) is 0 Å². The van der Waals surface area contributed by atoms with Gasteiger partial charge in [0.15, 0.2) is 0 Å². The van der Waals surface area contributed by atoms with Crippen molar-refractivity contribution in [3.05, 3.63) is 77.5 Å². The van der Waals surface area contributed by atoms with Crippen molar-refractivity contribution < 1.29 is 9.90 Å². The van der Waals surface area contributed by atoms with Crippen LogP contribution in [0.25, 0.3) is 0 Å². The van der Waals surface area contributed by atoms with Gasteiger partial charge in [-0.25, -0.2) is 4.98 Å². The number of anilines is 3. The summed E-state index contributed by atoms with van der Waals surface area (Å²) in [5, 5.41) is 17.1. The van der Waals surface area contributed by atoms with Gasteiger partial charge in [0.05, 0.1) is 17.7 Å². The van der Waals surface area contributed by atoms with Gasteiger partial charge in [-0.05, 0) is 81.6 Å². The predicted molar refractivity (Wildman–Crippen MR) is 172 cm³/mol. The maximum atomic E-state index is 11.5. The van der Waals surface area contributed by atoms with Crippen LogP contribution in [-0.2, 0) is 17.8 Å². The summed E-state index contributed by atoms with van der Waals surface area (Å²) in [5.74, 6) is 1.18. The summed E-state index contributed by atoms with van der Waals surface area (Å²) in [7, 11) is 0. The first-order valence-corrected chi connectivity index (χ1v) is 16.3. The summed E-state index contributed by atoms with van der Waals surface area (Å²) < 4.78 is 0. The number of hydrogen-bond donors (Lipinski definition) is 3.